The van der Waals surface area contributed by atoms with E-state index >= 15 is 0 Å². The number of aromatic nitrogens is 1. The normalized spacial score (nSPS) is 10.9. The summed E-state index contributed by atoms with van der Waals surface area (Å²) in [5, 5.41) is 9.46. The average Bonchev–Trinajstić information content (AvgIpc) is 2.56. The van der Waals surface area contributed by atoms with Crippen LogP contribution in [0, 0.1) is 0 Å². The predicted molar refractivity (Wildman–Crippen MR) is 58.5 cm³/mol. The van der Waals surface area contributed by atoms with E-state index in [1.807, 2.05) is 18.2 Å². The molecular formula is C9H9BN2OS. The molecule has 0 saturated carbocycles. The molecule has 0 aliphatic carbocycles. The van der Waals surface area contributed by atoms with Crippen molar-refractivity contribution in [1.29, 1.82) is 0 Å². The van der Waals surface area contributed by atoms with Gasteiger partial charge in [0.25, 0.3) is 0 Å². The van der Waals surface area contributed by atoms with Gasteiger partial charge >= 0.3 is 0 Å². The van der Waals surface area contributed by atoms with Gasteiger partial charge in [0, 0.05) is 13.0 Å². The van der Waals surface area contributed by atoms with Crippen LogP contribution in [0.3, 0.4) is 0 Å². The van der Waals surface area contributed by atoms with Crippen molar-refractivity contribution in [3.05, 3.63) is 23.2 Å². The Morgan fingerprint density at radius 3 is 3.14 bits per heavy atom. The van der Waals surface area contributed by atoms with Crippen molar-refractivity contribution in [2.45, 2.75) is 6.42 Å². The van der Waals surface area contributed by atoms with E-state index in [1.54, 1.807) is 11.3 Å². The molecule has 2 N–H and O–H groups in total. The van der Waals surface area contributed by atoms with Crippen molar-refractivity contribution in [2.24, 2.45) is 0 Å². The lowest BCUT2D eigenvalue weighted by molar-refractivity contribution is 0.168. The second-order valence-corrected chi connectivity index (χ2v) is 4.11. The fraction of sp³-hybridized carbons (Fsp3) is 0.222. The van der Waals surface area contributed by atoms with Crippen LogP contribution in [0.2, 0.25) is 0 Å². The molecule has 0 unspecified atom stereocenters. The first-order valence-corrected chi connectivity index (χ1v) is 5.13. The highest BCUT2D eigenvalue weighted by Crippen LogP contribution is 2.20. The van der Waals surface area contributed by atoms with Gasteiger partial charge in [0.1, 0.15) is 7.85 Å². The van der Waals surface area contributed by atoms with E-state index in [1.165, 1.54) is 0 Å². The molecule has 2 aromatic rings. The van der Waals surface area contributed by atoms with Gasteiger partial charge < -0.3 is 5.21 Å². The maximum Gasteiger partial charge on any atom is 0.113 e. The third kappa shape index (κ3) is 1.95. The predicted octanol–water partition coefficient (Wildman–Crippen LogP) is 0.611. The summed E-state index contributed by atoms with van der Waals surface area (Å²) in [6.07, 6.45) is 0.732. The second-order valence-electron chi connectivity index (χ2n) is 2.99. The van der Waals surface area contributed by atoms with Crippen LogP contribution in [0.25, 0.3) is 10.2 Å². The Labute approximate surface area is 87.2 Å². The van der Waals surface area contributed by atoms with Gasteiger partial charge in [0.2, 0.25) is 0 Å². The zero-order valence-corrected chi connectivity index (χ0v) is 8.34. The maximum absolute atomic E-state index is 8.45. The Balaban J connectivity index is 2.32. The van der Waals surface area contributed by atoms with Crippen LogP contribution >= 0.6 is 11.3 Å². The first-order chi connectivity index (χ1) is 6.79. The van der Waals surface area contributed by atoms with Gasteiger partial charge in [-0.3, -0.25) is 0 Å². The van der Waals surface area contributed by atoms with Crippen LogP contribution < -0.4 is 10.9 Å². The number of hydroxylamine groups is 1. The van der Waals surface area contributed by atoms with E-state index in [4.69, 9.17) is 13.1 Å². The number of nitrogens with one attached hydrogen (secondary N) is 1. The standard InChI is InChI=1S/C9H9BN2OS/c10-6-1-2-8-7(5-6)12-9(14-8)3-4-11-13/h1-2,5,11,13H,3-4H2. The lowest BCUT2D eigenvalue weighted by Gasteiger charge is -1.91. The minimum Gasteiger partial charge on any atom is -0.317 e. The summed E-state index contributed by atoms with van der Waals surface area (Å²) in [6.45, 7) is 0.523. The second kappa shape index (κ2) is 4.08. The Bertz CT molecular complexity index is 443. The fourth-order valence-corrected chi connectivity index (χ4v) is 2.21. The first kappa shape index (κ1) is 9.64. The number of rotatable bonds is 3. The van der Waals surface area contributed by atoms with E-state index in [2.05, 4.69) is 10.5 Å². The molecule has 1 heterocycles. The molecule has 0 aliphatic rings. The zero-order valence-electron chi connectivity index (χ0n) is 7.53. The molecule has 70 valence electrons. The lowest BCUT2D eigenvalue weighted by Crippen LogP contribution is -2.10. The number of hydrogen-bond acceptors (Lipinski definition) is 4. The van der Waals surface area contributed by atoms with E-state index in [0.717, 1.165) is 27.1 Å². The van der Waals surface area contributed by atoms with Gasteiger partial charge in [-0.05, 0) is 12.1 Å². The number of fused-ring (bicyclic) bond motifs is 1. The van der Waals surface area contributed by atoms with Gasteiger partial charge in [-0.25, -0.2) is 10.5 Å². The molecule has 0 spiro atoms. The summed E-state index contributed by atoms with van der Waals surface area (Å²) in [5.41, 5.74) is 3.78. The van der Waals surface area contributed by atoms with E-state index in [0.29, 0.717) is 6.54 Å². The Hall–Kier alpha value is -0.905. The number of nitrogens with zero attached hydrogens (tertiary/aromatic N) is 1. The molecule has 5 heteroatoms. The Morgan fingerprint density at radius 2 is 2.36 bits per heavy atom. The summed E-state index contributed by atoms with van der Waals surface area (Å²) < 4.78 is 1.13. The summed E-state index contributed by atoms with van der Waals surface area (Å²) in [6, 6.07) is 5.70. The van der Waals surface area contributed by atoms with E-state index in [9.17, 15) is 0 Å². The minimum absolute atomic E-state index is 0.523. The third-order valence-corrected chi connectivity index (χ3v) is 3.00. The van der Waals surface area contributed by atoms with Crippen molar-refractivity contribution < 1.29 is 5.21 Å². The molecule has 3 nitrogen and oxygen atoms in total. The molecule has 0 fully saturated rings. The molecule has 0 amide bonds. The molecule has 14 heavy (non-hydrogen) atoms. The average molecular weight is 204 g/mol. The van der Waals surface area contributed by atoms with Gasteiger partial charge in [0.05, 0.1) is 15.2 Å². The van der Waals surface area contributed by atoms with Gasteiger partial charge in [-0.2, -0.15) is 0 Å². The summed E-state index contributed by atoms with van der Waals surface area (Å²) in [5.74, 6) is 0. The summed E-state index contributed by atoms with van der Waals surface area (Å²) in [4.78, 5) is 4.40. The van der Waals surface area contributed by atoms with Crippen molar-refractivity contribution in [2.75, 3.05) is 6.54 Å². The third-order valence-electron chi connectivity index (χ3n) is 1.91. The van der Waals surface area contributed by atoms with Crippen molar-refractivity contribution >= 4 is 34.9 Å². The highest BCUT2D eigenvalue weighted by molar-refractivity contribution is 7.18. The molecule has 0 aliphatic heterocycles. The fourth-order valence-electron chi connectivity index (χ4n) is 1.26. The van der Waals surface area contributed by atoms with E-state index in [-0.39, 0.29) is 0 Å². The number of benzene rings is 1. The Morgan fingerprint density at radius 1 is 1.50 bits per heavy atom. The molecule has 1 aromatic carbocycles. The van der Waals surface area contributed by atoms with Gasteiger partial charge in [-0.15, -0.1) is 11.3 Å². The topological polar surface area (TPSA) is 45.1 Å². The van der Waals surface area contributed by atoms with E-state index < -0.39 is 0 Å². The SMILES string of the molecule is [B]c1ccc2sc(CCNO)nc2c1. The van der Waals surface area contributed by atoms with Crippen LogP contribution in [0.4, 0.5) is 0 Å². The van der Waals surface area contributed by atoms with Crippen LogP contribution in [0.15, 0.2) is 18.2 Å². The molecule has 0 saturated heterocycles. The van der Waals surface area contributed by atoms with Crippen LogP contribution in [0.5, 0.6) is 0 Å². The first-order valence-electron chi connectivity index (χ1n) is 4.31. The molecule has 2 rings (SSSR count). The Kier molecular flexibility index (Phi) is 2.81. The molecule has 1 aromatic heterocycles. The molecule has 0 atom stereocenters. The molecule has 0 bridgehead atoms. The van der Waals surface area contributed by atoms with Crippen LogP contribution in [-0.2, 0) is 6.42 Å². The van der Waals surface area contributed by atoms with Gasteiger partial charge in [-0.1, -0.05) is 11.5 Å². The monoisotopic (exact) mass is 204 g/mol. The van der Waals surface area contributed by atoms with Crippen molar-refractivity contribution in [3.8, 4) is 0 Å². The van der Waals surface area contributed by atoms with Crippen molar-refractivity contribution in [1.82, 2.24) is 10.5 Å². The highest BCUT2D eigenvalue weighted by atomic mass is 32.1. The largest absolute Gasteiger partial charge is 0.317 e. The zero-order chi connectivity index (χ0) is 9.97. The van der Waals surface area contributed by atoms with Crippen LogP contribution in [0.1, 0.15) is 5.01 Å². The van der Waals surface area contributed by atoms with Gasteiger partial charge in [0.15, 0.2) is 0 Å². The highest BCUT2D eigenvalue weighted by Gasteiger charge is 2.02. The number of hydrogen-bond donors (Lipinski definition) is 2. The minimum atomic E-state index is 0.523. The summed E-state index contributed by atoms with van der Waals surface area (Å²) >= 11 is 1.63. The smallest absolute Gasteiger partial charge is 0.113 e. The molecule has 2 radical (unpaired) electrons. The van der Waals surface area contributed by atoms with Crippen molar-refractivity contribution in [3.63, 3.8) is 0 Å². The maximum atomic E-state index is 8.45. The molecular weight excluding hydrogens is 195 g/mol. The lowest BCUT2D eigenvalue weighted by atomic mass is 9.96. The summed E-state index contributed by atoms with van der Waals surface area (Å²) in [7, 11) is 5.65. The quantitative estimate of drug-likeness (QED) is 0.568. The van der Waals surface area contributed by atoms with Crippen LogP contribution in [-0.4, -0.2) is 24.6 Å². The number of thiazole rings is 1.